The third-order valence-electron chi connectivity index (χ3n) is 3.37. The van der Waals surface area contributed by atoms with Crippen LogP contribution >= 0.6 is 11.3 Å². The lowest BCUT2D eigenvalue weighted by molar-refractivity contribution is 0.0666. The summed E-state index contributed by atoms with van der Waals surface area (Å²) in [7, 11) is -2.02. The number of rotatable bonds is 5. The Kier molecular flexibility index (Phi) is 4.25. The van der Waals surface area contributed by atoms with Gasteiger partial charge in [-0.3, -0.25) is 4.68 Å². The third-order valence-corrected chi connectivity index (χ3v) is 6.15. The van der Waals surface area contributed by atoms with Crippen LogP contribution in [0.5, 0.6) is 0 Å². The van der Waals surface area contributed by atoms with Crippen molar-refractivity contribution in [2.75, 3.05) is 6.54 Å². The second-order valence-corrected chi connectivity index (χ2v) is 7.85. The summed E-state index contributed by atoms with van der Waals surface area (Å²) in [6.45, 7) is 4.85. The highest BCUT2D eigenvalue weighted by Crippen LogP contribution is 2.25. The molecule has 116 valence electrons. The molecule has 0 aliphatic carbocycles. The van der Waals surface area contributed by atoms with Gasteiger partial charge in [0.05, 0.1) is 11.4 Å². The molecule has 1 unspecified atom stereocenters. The van der Waals surface area contributed by atoms with E-state index in [9.17, 15) is 13.5 Å². The zero-order valence-corrected chi connectivity index (χ0v) is 14.0. The number of thiophene rings is 1. The maximum atomic E-state index is 12.4. The first-order chi connectivity index (χ1) is 9.65. The molecular formula is C13H19N3O3S2. The highest BCUT2D eigenvalue weighted by atomic mass is 32.2. The fraction of sp³-hybridized carbons (Fsp3) is 0.462. The van der Waals surface area contributed by atoms with Crippen LogP contribution in [0, 0.1) is 13.8 Å². The molecule has 21 heavy (non-hydrogen) atoms. The van der Waals surface area contributed by atoms with Crippen molar-refractivity contribution in [3.63, 3.8) is 0 Å². The van der Waals surface area contributed by atoms with Crippen LogP contribution < -0.4 is 4.72 Å². The van der Waals surface area contributed by atoms with E-state index in [0.717, 1.165) is 0 Å². The van der Waals surface area contributed by atoms with Gasteiger partial charge < -0.3 is 5.11 Å². The van der Waals surface area contributed by atoms with Gasteiger partial charge in [-0.1, -0.05) is 6.07 Å². The van der Waals surface area contributed by atoms with Gasteiger partial charge in [0.2, 0.25) is 10.0 Å². The van der Waals surface area contributed by atoms with Crippen molar-refractivity contribution in [3.8, 4) is 0 Å². The number of aromatic nitrogens is 2. The summed E-state index contributed by atoms with van der Waals surface area (Å²) in [5.41, 5.74) is -0.236. The van der Waals surface area contributed by atoms with Crippen molar-refractivity contribution in [2.24, 2.45) is 7.05 Å². The minimum Gasteiger partial charge on any atom is -0.383 e. The average molecular weight is 329 g/mol. The summed E-state index contributed by atoms with van der Waals surface area (Å²) in [4.78, 5) is 0.886. The van der Waals surface area contributed by atoms with E-state index in [0.29, 0.717) is 16.3 Å². The summed E-state index contributed by atoms with van der Waals surface area (Å²) in [6.07, 6.45) is 0. The molecule has 0 aliphatic heterocycles. The molecule has 0 amide bonds. The molecule has 8 heteroatoms. The van der Waals surface area contributed by atoms with Gasteiger partial charge in [0.25, 0.3) is 0 Å². The Labute approximate surface area is 128 Å². The molecule has 0 bridgehead atoms. The highest BCUT2D eigenvalue weighted by molar-refractivity contribution is 7.89. The number of hydrogen-bond acceptors (Lipinski definition) is 5. The van der Waals surface area contributed by atoms with Crippen molar-refractivity contribution in [1.29, 1.82) is 0 Å². The van der Waals surface area contributed by atoms with E-state index in [4.69, 9.17) is 0 Å². The molecule has 0 aliphatic rings. The molecule has 0 spiro atoms. The van der Waals surface area contributed by atoms with E-state index in [2.05, 4.69) is 9.82 Å². The summed E-state index contributed by atoms with van der Waals surface area (Å²) in [5, 5.41) is 16.3. The summed E-state index contributed by atoms with van der Waals surface area (Å²) in [6, 6.07) is 3.60. The van der Waals surface area contributed by atoms with E-state index in [1.807, 2.05) is 11.4 Å². The second-order valence-electron chi connectivity index (χ2n) is 5.20. The van der Waals surface area contributed by atoms with Crippen LogP contribution in [0.25, 0.3) is 0 Å². The molecule has 2 aromatic heterocycles. The smallest absolute Gasteiger partial charge is 0.244 e. The Morgan fingerprint density at radius 3 is 2.62 bits per heavy atom. The normalized spacial score (nSPS) is 15.1. The van der Waals surface area contributed by atoms with E-state index < -0.39 is 15.6 Å². The molecule has 2 rings (SSSR count). The molecule has 2 aromatic rings. The number of hydrogen-bond donors (Lipinski definition) is 2. The Morgan fingerprint density at radius 1 is 1.48 bits per heavy atom. The van der Waals surface area contributed by atoms with Crippen LogP contribution in [0.3, 0.4) is 0 Å². The molecule has 0 fully saturated rings. The maximum Gasteiger partial charge on any atom is 0.244 e. The first-order valence-corrected chi connectivity index (χ1v) is 8.77. The standard InChI is InChI=1S/C13H19N3O3S2/c1-9-12(10(2)16(4)15-9)21(18,19)14-8-13(3,17)11-6-5-7-20-11/h5-7,14,17H,8H2,1-4H3. The van der Waals surface area contributed by atoms with Crippen molar-refractivity contribution < 1.29 is 13.5 Å². The molecule has 2 N–H and O–H groups in total. The summed E-state index contributed by atoms with van der Waals surface area (Å²) < 4.78 is 28.9. The van der Waals surface area contributed by atoms with Crippen molar-refractivity contribution in [3.05, 3.63) is 33.8 Å². The summed E-state index contributed by atoms with van der Waals surface area (Å²) >= 11 is 1.39. The highest BCUT2D eigenvalue weighted by Gasteiger charge is 2.29. The van der Waals surface area contributed by atoms with Crippen LogP contribution in [-0.2, 0) is 22.7 Å². The Morgan fingerprint density at radius 2 is 2.14 bits per heavy atom. The lowest BCUT2D eigenvalue weighted by Gasteiger charge is -2.22. The van der Waals surface area contributed by atoms with Gasteiger partial charge in [-0.05, 0) is 32.2 Å². The largest absolute Gasteiger partial charge is 0.383 e. The van der Waals surface area contributed by atoms with Gasteiger partial charge in [0, 0.05) is 18.5 Å². The Balaban J connectivity index is 2.23. The first-order valence-electron chi connectivity index (χ1n) is 6.41. The minimum absolute atomic E-state index is 0.0936. The molecule has 2 heterocycles. The van der Waals surface area contributed by atoms with Gasteiger partial charge in [0.15, 0.2) is 0 Å². The molecule has 1 atom stereocenters. The van der Waals surface area contributed by atoms with Gasteiger partial charge in [-0.2, -0.15) is 5.10 Å². The lowest BCUT2D eigenvalue weighted by Crippen LogP contribution is -2.38. The number of aryl methyl sites for hydroxylation is 2. The van der Waals surface area contributed by atoms with E-state index >= 15 is 0 Å². The number of aliphatic hydroxyl groups is 1. The van der Waals surface area contributed by atoms with E-state index in [1.54, 1.807) is 33.9 Å². The molecular weight excluding hydrogens is 310 g/mol. The van der Waals surface area contributed by atoms with Crippen LogP contribution in [0.15, 0.2) is 22.4 Å². The van der Waals surface area contributed by atoms with Crippen molar-refractivity contribution in [1.82, 2.24) is 14.5 Å². The molecule has 6 nitrogen and oxygen atoms in total. The zero-order chi connectivity index (χ0) is 15.8. The minimum atomic E-state index is -3.71. The molecule has 0 saturated heterocycles. The fourth-order valence-corrected chi connectivity index (χ4v) is 4.48. The van der Waals surface area contributed by atoms with Crippen LogP contribution in [0.4, 0.5) is 0 Å². The van der Waals surface area contributed by atoms with Gasteiger partial charge in [-0.25, -0.2) is 13.1 Å². The fourth-order valence-electron chi connectivity index (χ4n) is 2.12. The van der Waals surface area contributed by atoms with Crippen LogP contribution in [0.1, 0.15) is 23.2 Å². The Hall–Kier alpha value is -1.22. The first kappa shape index (κ1) is 16.2. The van der Waals surface area contributed by atoms with Gasteiger partial charge in [0.1, 0.15) is 10.5 Å². The second kappa shape index (κ2) is 5.53. The maximum absolute atomic E-state index is 12.4. The van der Waals surface area contributed by atoms with Crippen molar-refractivity contribution >= 4 is 21.4 Å². The average Bonchev–Trinajstić information content (AvgIpc) is 2.98. The molecule has 0 radical (unpaired) electrons. The topological polar surface area (TPSA) is 84.2 Å². The summed E-state index contributed by atoms with van der Waals surface area (Å²) in [5.74, 6) is 0. The van der Waals surface area contributed by atoms with Crippen molar-refractivity contribution in [2.45, 2.75) is 31.3 Å². The van der Waals surface area contributed by atoms with Crippen LogP contribution in [-0.4, -0.2) is 29.8 Å². The van der Waals surface area contributed by atoms with E-state index in [-0.39, 0.29) is 11.4 Å². The van der Waals surface area contributed by atoms with E-state index in [1.165, 1.54) is 16.0 Å². The van der Waals surface area contributed by atoms with Crippen LogP contribution in [0.2, 0.25) is 0 Å². The number of nitrogens with zero attached hydrogens (tertiary/aromatic N) is 2. The number of nitrogens with one attached hydrogen (secondary N) is 1. The van der Waals surface area contributed by atoms with Gasteiger partial charge in [-0.15, -0.1) is 11.3 Å². The predicted molar refractivity (Wildman–Crippen MR) is 81.8 cm³/mol. The number of sulfonamides is 1. The SMILES string of the molecule is Cc1nn(C)c(C)c1S(=O)(=O)NCC(C)(O)c1cccs1. The third kappa shape index (κ3) is 3.18. The Bertz CT molecular complexity index is 731. The molecule has 0 aromatic carbocycles. The molecule has 0 saturated carbocycles. The van der Waals surface area contributed by atoms with Gasteiger partial charge >= 0.3 is 0 Å². The quantitative estimate of drug-likeness (QED) is 0.865. The lowest BCUT2D eigenvalue weighted by atomic mass is 10.1. The zero-order valence-electron chi connectivity index (χ0n) is 12.4. The predicted octanol–water partition coefficient (Wildman–Crippen LogP) is 1.28. The monoisotopic (exact) mass is 329 g/mol.